The van der Waals surface area contributed by atoms with Gasteiger partial charge in [-0.3, -0.25) is 14.4 Å². The van der Waals surface area contributed by atoms with Gasteiger partial charge in [0.1, 0.15) is 0 Å². The molecule has 0 amide bonds. The van der Waals surface area contributed by atoms with Crippen molar-refractivity contribution >= 4 is 18.2 Å². The fraction of sp³-hybridized carbons (Fsp3) is 0.462. The van der Waals surface area contributed by atoms with Gasteiger partial charge < -0.3 is 9.88 Å². The highest BCUT2D eigenvalue weighted by atomic mass is 32.2. The third-order valence-corrected chi connectivity index (χ3v) is 7.84. The van der Waals surface area contributed by atoms with Crippen LogP contribution in [0.25, 0.3) is 0 Å². The fourth-order valence-electron chi connectivity index (χ4n) is 4.54. The summed E-state index contributed by atoms with van der Waals surface area (Å²) >= 11 is 1.72. The molecule has 2 aliphatic heterocycles. The standard InChI is InChI=1S/C13H16N4OS.C13H20N2/c1-10-13(7-12(9-18)15(10)2)19-16-5-6-17-11(8-16)3-4-14-17;1-14-10-12-6-2-3-7-13(12)11-15-8-4-5-9-15/h3-4,7,9H,5-6,8H2,1-2H3;2-3,6-7,14H,4-5,8-11H2,1H3. The van der Waals surface area contributed by atoms with Gasteiger partial charge in [0, 0.05) is 43.5 Å². The largest absolute Gasteiger partial charge is 0.345 e. The lowest BCUT2D eigenvalue weighted by Crippen LogP contribution is -2.28. The fourth-order valence-corrected chi connectivity index (χ4v) is 5.63. The first-order valence-corrected chi connectivity index (χ1v) is 12.8. The van der Waals surface area contributed by atoms with Gasteiger partial charge in [-0.05, 0) is 75.1 Å². The van der Waals surface area contributed by atoms with E-state index in [-0.39, 0.29) is 0 Å². The summed E-state index contributed by atoms with van der Waals surface area (Å²) in [4.78, 5) is 14.7. The Labute approximate surface area is 207 Å². The van der Waals surface area contributed by atoms with Gasteiger partial charge in [0.2, 0.25) is 0 Å². The predicted molar refractivity (Wildman–Crippen MR) is 138 cm³/mol. The molecule has 2 aromatic heterocycles. The van der Waals surface area contributed by atoms with Crippen molar-refractivity contribution in [1.82, 2.24) is 28.9 Å². The topological polar surface area (TPSA) is 58.3 Å². The van der Waals surface area contributed by atoms with Gasteiger partial charge in [0.15, 0.2) is 6.29 Å². The Hall–Kier alpha value is -2.39. The van der Waals surface area contributed by atoms with E-state index in [0.717, 1.165) is 55.3 Å². The molecule has 1 aromatic carbocycles. The number of fused-ring (bicyclic) bond motifs is 1. The number of likely N-dealkylation sites (tertiary alicyclic amines) is 1. The van der Waals surface area contributed by atoms with Gasteiger partial charge in [0.25, 0.3) is 0 Å². The van der Waals surface area contributed by atoms with E-state index >= 15 is 0 Å². The zero-order chi connectivity index (χ0) is 23.9. The molecule has 0 unspecified atom stereocenters. The van der Waals surface area contributed by atoms with E-state index in [0.29, 0.717) is 0 Å². The van der Waals surface area contributed by atoms with Crippen LogP contribution in [0.4, 0.5) is 0 Å². The Morgan fingerprint density at radius 3 is 2.56 bits per heavy atom. The second kappa shape index (κ2) is 11.8. The number of hydrogen-bond donors (Lipinski definition) is 1. The SMILES string of the molecule is CNCc1ccccc1CN1CCCC1.Cc1c(SN2CCn3nccc3C2)cc(C=O)n1C. The normalized spacial score (nSPS) is 16.2. The second-order valence-corrected chi connectivity index (χ2v) is 10.1. The molecule has 0 radical (unpaired) electrons. The van der Waals surface area contributed by atoms with Crippen molar-refractivity contribution in [3.05, 3.63) is 70.8 Å². The van der Waals surface area contributed by atoms with Crippen LogP contribution in [-0.2, 0) is 33.2 Å². The van der Waals surface area contributed by atoms with E-state index in [1.165, 1.54) is 42.8 Å². The summed E-state index contributed by atoms with van der Waals surface area (Å²) in [6.45, 7) is 9.45. The van der Waals surface area contributed by atoms with Crippen molar-refractivity contribution in [2.75, 3.05) is 26.7 Å². The summed E-state index contributed by atoms with van der Waals surface area (Å²) in [6, 6.07) is 12.8. The molecule has 7 nitrogen and oxygen atoms in total. The number of nitrogens with zero attached hydrogens (tertiary/aromatic N) is 5. The van der Waals surface area contributed by atoms with Crippen LogP contribution in [0.15, 0.2) is 47.5 Å². The smallest absolute Gasteiger partial charge is 0.166 e. The summed E-state index contributed by atoms with van der Waals surface area (Å²) in [7, 11) is 3.93. The van der Waals surface area contributed by atoms with Crippen molar-refractivity contribution in [3.8, 4) is 0 Å². The molecule has 1 fully saturated rings. The third kappa shape index (κ3) is 5.99. The summed E-state index contributed by atoms with van der Waals surface area (Å²) in [5.74, 6) is 0. The maximum absolute atomic E-state index is 11.0. The maximum Gasteiger partial charge on any atom is 0.166 e. The van der Waals surface area contributed by atoms with Crippen LogP contribution in [0.5, 0.6) is 0 Å². The van der Waals surface area contributed by atoms with E-state index in [4.69, 9.17) is 0 Å². The van der Waals surface area contributed by atoms with Gasteiger partial charge in [-0.2, -0.15) is 5.10 Å². The number of aromatic nitrogens is 3. The van der Waals surface area contributed by atoms with Crippen molar-refractivity contribution in [2.45, 2.75) is 50.8 Å². The Balaban J connectivity index is 0.000000166. The highest BCUT2D eigenvalue weighted by Crippen LogP contribution is 2.30. The lowest BCUT2D eigenvalue weighted by molar-refractivity contribution is 0.111. The molecule has 1 N–H and O–H groups in total. The van der Waals surface area contributed by atoms with Crippen LogP contribution in [0.1, 0.15) is 45.8 Å². The first kappa shape index (κ1) is 24.7. The molecule has 8 heteroatoms. The molecule has 0 aliphatic carbocycles. The highest BCUT2D eigenvalue weighted by Gasteiger charge is 2.19. The summed E-state index contributed by atoms with van der Waals surface area (Å²) in [6.07, 6.45) is 5.49. The first-order chi connectivity index (χ1) is 16.6. The number of rotatable bonds is 7. The number of nitrogens with one attached hydrogen (secondary N) is 1. The quantitative estimate of drug-likeness (QED) is 0.409. The van der Waals surface area contributed by atoms with E-state index in [9.17, 15) is 4.79 Å². The Morgan fingerprint density at radius 2 is 1.85 bits per heavy atom. The number of hydrogen-bond acceptors (Lipinski definition) is 6. The van der Waals surface area contributed by atoms with Gasteiger partial charge >= 0.3 is 0 Å². The van der Waals surface area contributed by atoms with Crippen LogP contribution < -0.4 is 5.32 Å². The molecule has 1 saturated heterocycles. The van der Waals surface area contributed by atoms with Gasteiger partial charge in [-0.1, -0.05) is 24.3 Å². The van der Waals surface area contributed by atoms with Crippen LogP contribution in [-0.4, -0.2) is 56.5 Å². The molecule has 2 aliphatic rings. The average molecular weight is 481 g/mol. The van der Waals surface area contributed by atoms with Crippen LogP contribution in [0, 0.1) is 6.92 Å². The Kier molecular flexibility index (Phi) is 8.61. The van der Waals surface area contributed by atoms with Crippen molar-refractivity contribution in [1.29, 1.82) is 0 Å². The molecule has 0 saturated carbocycles. The monoisotopic (exact) mass is 480 g/mol. The minimum absolute atomic E-state index is 0.724. The van der Waals surface area contributed by atoms with E-state index in [1.807, 2.05) is 42.5 Å². The average Bonchev–Trinajstić information content (AvgIpc) is 3.59. The highest BCUT2D eigenvalue weighted by molar-refractivity contribution is 7.97. The van der Waals surface area contributed by atoms with Gasteiger partial charge in [-0.15, -0.1) is 0 Å². The minimum Gasteiger partial charge on any atom is -0.345 e. The van der Waals surface area contributed by atoms with Crippen molar-refractivity contribution in [3.63, 3.8) is 0 Å². The number of carbonyl (C=O) groups excluding carboxylic acids is 1. The van der Waals surface area contributed by atoms with E-state index < -0.39 is 0 Å². The lowest BCUT2D eigenvalue weighted by atomic mass is 10.1. The molecule has 34 heavy (non-hydrogen) atoms. The van der Waals surface area contributed by atoms with Gasteiger partial charge in [-0.25, -0.2) is 4.31 Å². The summed E-state index contributed by atoms with van der Waals surface area (Å²) in [5, 5.41) is 7.51. The van der Waals surface area contributed by atoms with Crippen LogP contribution in [0.2, 0.25) is 0 Å². The summed E-state index contributed by atoms with van der Waals surface area (Å²) < 4.78 is 6.29. The zero-order valence-electron chi connectivity index (χ0n) is 20.5. The number of benzene rings is 1. The minimum atomic E-state index is 0.724. The Morgan fingerprint density at radius 1 is 1.09 bits per heavy atom. The van der Waals surface area contributed by atoms with E-state index in [1.54, 1.807) is 11.9 Å². The van der Waals surface area contributed by atoms with E-state index in [2.05, 4.69) is 50.0 Å². The molecule has 0 spiro atoms. The molecular formula is C26H36N6OS. The van der Waals surface area contributed by atoms with Gasteiger partial charge in [0.05, 0.1) is 24.5 Å². The molecule has 0 bridgehead atoms. The number of carbonyl (C=O) groups is 1. The van der Waals surface area contributed by atoms with Crippen LogP contribution >= 0.6 is 11.9 Å². The predicted octanol–water partition coefficient (Wildman–Crippen LogP) is 3.87. The van der Waals surface area contributed by atoms with Crippen molar-refractivity contribution in [2.24, 2.45) is 7.05 Å². The maximum atomic E-state index is 11.0. The lowest BCUT2D eigenvalue weighted by Gasteiger charge is -2.26. The summed E-state index contributed by atoms with van der Waals surface area (Å²) in [5.41, 5.74) is 6.01. The molecule has 3 aromatic rings. The molecular weight excluding hydrogens is 444 g/mol. The molecule has 5 rings (SSSR count). The first-order valence-electron chi connectivity index (χ1n) is 12.1. The number of aldehydes is 1. The van der Waals surface area contributed by atoms with Crippen LogP contribution in [0.3, 0.4) is 0 Å². The Bertz CT molecular complexity index is 1080. The zero-order valence-corrected chi connectivity index (χ0v) is 21.4. The molecule has 182 valence electrons. The molecule has 4 heterocycles. The second-order valence-electron chi connectivity index (χ2n) is 8.98. The molecule has 0 atom stereocenters. The third-order valence-electron chi connectivity index (χ3n) is 6.66. The van der Waals surface area contributed by atoms with Crippen molar-refractivity contribution < 1.29 is 4.79 Å².